The molecule has 0 radical (unpaired) electrons. The van der Waals surface area contributed by atoms with E-state index in [1.165, 1.54) is 19.3 Å². The SMILES string of the molecule is COC(=O)C=Cc1ccc(-c2ccc(OCCCC[Si](Cl)(Cl)Cl)c(F)c2)cc1. The Balaban J connectivity index is 1.94. The van der Waals surface area contributed by atoms with Gasteiger partial charge in [-0.3, -0.25) is 0 Å². The van der Waals surface area contributed by atoms with Gasteiger partial charge in [0.25, 0.3) is 0 Å². The van der Waals surface area contributed by atoms with Gasteiger partial charge in [-0.25, -0.2) is 9.18 Å². The molecule has 0 aromatic heterocycles. The van der Waals surface area contributed by atoms with Crippen LogP contribution in [0.25, 0.3) is 17.2 Å². The number of unbranched alkanes of at least 4 members (excludes halogenated alkanes) is 1. The molecular weight excluding hydrogens is 442 g/mol. The lowest BCUT2D eigenvalue weighted by atomic mass is 10.0. The van der Waals surface area contributed by atoms with Crippen molar-refractivity contribution in [1.82, 2.24) is 0 Å². The molecule has 0 aliphatic rings. The van der Waals surface area contributed by atoms with E-state index in [1.807, 2.05) is 24.3 Å². The first-order chi connectivity index (χ1) is 13.3. The third kappa shape index (κ3) is 7.84. The van der Waals surface area contributed by atoms with Crippen LogP contribution in [0.1, 0.15) is 18.4 Å². The summed E-state index contributed by atoms with van der Waals surface area (Å²) in [7, 11) is 1.32. The maximum absolute atomic E-state index is 14.3. The minimum absolute atomic E-state index is 0.201. The lowest BCUT2D eigenvalue weighted by Crippen LogP contribution is -2.09. The van der Waals surface area contributed by atoms with Crippen molar-refractivity contribution in [2.45, 2.75) is 18.9 Å². The predicted octanol–water partition coefficient (Wildman–Crippen LogP) is 6.49. The highest BCUT2D eigenvalue weighted by molar-refractivity contribution is 7.64. The Kier molecular flexibility index (Phi) is 8.83. The molecule has 0 saturated heterocycles. The maximum atomic E-state index is 14.3. The number of hydrogen-bond acceptors (Lipinski definition) is 3. The van der Waals surface area contributed by atoms with Crippen molar-refractivity contribution in [3.8, 4) is 16.9 Å². The van der Waals surface area contributed by atoms with Gasteiger partial charge in [-0.15, -0.1) is 33.2 Å². The van der Waals surface area contributed by atoms with E-state index in [0.717, 1.165) is 23.1 Å². The third-order valence-electron chi connectivity index (χ3n) is 3.90. The summed E-state index contributed by atoms with van der Waals surface area (Å²) < 4.78 is 24.4. The summed E-state index contributed by atoms with van der Waals surface area (Å²) >= 11 is 17.5. The maximum Gasteiger partial charge on any atom is 0.341 e. The fourth-order valence-corrected chi connectivity index (χ4v) is 4.28. The first kappa shape index (κ1) is 22.8. The standard InChI is InChI=1S/C20H20Cl3FO3Si/c1-26-20(25)11-6-15-4-7-16(8-5-15)17-9-10-19(18(24)14-17)27-12-2-3-13-28(21,22)23/h4-11,14H,2-3,12-13H2,1H3. The van der Waals surface area contributed by atoms with Crippen molar-refractivity contribution in [2.24, 2.45) is 0 Å². The minimum atomic E-state index is -2.60. The number of carbonyl (C=O) groups is 1. The molecular formula is C20H20Cl3FO3Si. The summed E-state index contributed by atoms with van der Waals surface area (Å²) in [5.74, 6) is -0.647. The first-order valence-electron chi connectivity index (χ1n) is 8.64. The van der Waals surface area contributed by atoms with Crippen LogP contribution >= 0.6 is 33.2 Å². The summed E-state index contributed by atoms with van der Waals surface area (Å²) in [6.45, 7) is 0.368. The molecule has 0 aliphatic carbocycles. The summed E-state index contributed by atoms with van der Waals surface area (Å²) in [6, 6.07) is 10.2. The summed E-state index contributed by atoms with van der Waals surface area (Å²) in [4.78, 5) is 11.1. The van der Waals surface area contributed by atoms with Crippen LogP contribution in [-0.4, -0.2) is 25.7 Å². The van der Waals surface area contributed by atoms with Crippen LogP contribution in [0, 0.1) is 5.82 Å². The lowest BCUT2D eigenvalue weighted by Gasteiger charge is -2.10. The molecule has 0 aliphatic heterocycles. The van der Waals surface area contributed by atoms with Crippen LogP contribution in [0.2, 0.25) is 6.04 Å². The number of carbonyl (C=O) groups excluding carboxylic acids is 1. The molecule has 0 atom stereocenters. The highest BCUT2D eigenvalue weighted by atomic mass is 35.8. The summed E-state index contributed by atoms with van der Waals surface area (Å²) in [5, 5.41) is 0. The molecule has 0 heterocycles. The van der Waals surface area contributed by atoms with E-state index in [-0.39, 0.29) is 5.75 Å². The molecule has 0 N–H and O–H groups in total. The molecule has 0 bridgehead atoms. The second kappa shape index (κ2) is 10.9. The molecule has 2 aromatic rings. The van der Waals surface area contributed by atoms with E-state index in [9.17, 15) is 9.18 Å². The lowest BCUT2D eigenvalue weighted by molar-refractivity contribution is -0.134. The molecule has 2 aromatic carbocycles. The van der Waals surface area contributed by atoms with Gasteiger partial charge in [-0.1, -0.05) is 30.3 Å². The normalized spacial score (nSPS) is 11.6. The fourth-order valence-electron chi connectivity index (χ4n) is 2.43. The number of hydrogen-bond donors (Lipinski definition) is 0. The van der Waals surface area contributed by atoms with Crippen molar-refractivity contribution in [1.29, 1.82) is 0 Å². The molecule has 0 saturated carbocycles. The Labute approximate surface area is 179 Å². The molecule has 0 amide bonds. The van der Waals surface area contributed by atoms with E-state index in [0.29, 0.717) is 19.1 Å². The first-order valence-corrected chi connectivity index (χ1v) is 13.9. The number of methoxy groups -OCH3 is 1. The monoisotopic (exact) mass is 460 g/mol. The van der Waals surface area contributed by atoms with Crippen LogP contribution in [-0.2, 0) is 9.53 Å². The Hall–Kier alpha value is -1.53. The van der Waals surface area contributed by atoms with E-state index < -0.39 is 17.8 Å². The quantitative estimate of drug-likeness (QED) is 0.141. The average Bonchev–Trinajstić information content (AvgIpc) is 2.66. The third-order valence-corrected chi connectivity index (χ3v) is 6.52. The molecule has 28 heavy (non-hydrogen) atoms. The van der Waals surface area contributed by atoms with E-state index in [4.69, 9.17) is 38.0 Å². The molecule has 8 heteroatoms. The van der Waals surface area contributed by atoms with Gasteiger partial charge in [0.2, 0.25) is 0 Å². The van der Waals surface area contributed by atoms with Crippen molar-refractivity contribution >= 4 is 51.3 Å². The average molecular weight is 462 g/mol. The smallest absolute Gasteiger partial charge is 0.341 e. The van der Waals surface area contributed by atoms with Crippen LogP contribution in [0.5, 0.6) is 5.75 Å². The van der Waals surface area contributed by atoms with Crippen LogP contribution in [0.15, 0.2) is 48.5 Å². The highest BCUT2D eigenvalue weighted by Crippen LogP contribution is 2.28. The Morgan fingerprint density at radius 1 is 1.07 bits per heavy atom. The van der Waals surface area contributed by atoms with Gasteiger partial charge in [0.15, 0.2) is 11.6 Å². The number of esters is 1. The van der Waals surface area contributed by atoms with Gasteiger partial charge in [-0.05, 0) is 53.8 Å². The van der Waals surface area contributed by atoms with Crippen LogP contribution < -0.4 is 4.74 Å². The van der Waals surface area contributed by atoms with E-state index in [1.54, 1.807) is 18.2 Å². The molecule has 0 unspecified atom stereocenters. The van der Waals surface area contributed by atoms with Gasteiger partial charge in [0.1, 0.15) is 0 Å². The van der Waals surface area contributed by atoms with E-state index >= 15 is 0 Å². The number of rotatable bonds is 9. The van der Waals surface area contributed by atoms with Gasteiger partial charge >= 0.3 is 12.0 Å². The van der Waals surface area contributed by atoms with Gasteiger partial charge in [0.05, 0.1) is 13.7 Å². The van der Waals surface area contributed by atoms with Crippen LogP contribution in [0.4, 0.5) is 4.39 Å². The largest absolute Gasteiger partial charge is 0.491 e. The second-order valence-electron chi connectivity index (χ2n) is 6.04. The number of benzene rings is 2. The van der Waals surface area contributed by atoms with Crippen molar-refractivity contribution in [3.05, 3.63) is 59.9 Å². The van der Waals surface area contributed by atoms with Crippen molar-refractivity contribution < 1.29 is 18.7 Å². The predicted molar refractivity (Wildman–Crippen MR) is 116 cm³/mol. The molecule has 0 spiro atoms. The zero-order chi connectivity index (χ0) is 20.6. The number of ether oxygens (including phenoxy) is 2. The highest BCUT2D eigenvalue weighted by Gasteiger charge is 2.23. The topological polar surface area (TPSA) is 35.5 Å². The van der Waals surface area contributed by atoms with Crippen molar-refractivity contribution in [2.75, 3.05) is 13.7 Å². The zero-order valence-corrected chi connectivity index (χ0v) is 18.5. The molecule has 3 nitrogen and oxygen atoms in total. The van der Waals surface area contributed by atoms with Gasteiger partial charge in [0, 0.05) is 6.08 Å². The van der Waals surface area contributed by atoms with Gasteiger partial charge in [-0.2, -0.15) is 0 Å². The molecule has 2 rings (SSSR count). The molecule has 0 fully saturated rings. The Morgan fingerprint density at radius 2 is 1.75 bits per heavy atom. The zero-order valence-electron chi connectivity index (χ0n) is 15.3. The van der Waals surface area contributed by atoms with Gasteiger partial charge < -0.3 is 9.47 Å². The minimum Gasteiger partial charge on any atom is -0.491 e. The number of halogens is 4. The molecule has 150 valence electrons. The van der Waals surface area contributed by atoms with E-state index in [2.05, 4.69) is 4.74 Å². The Morgan fingerprint density at radius 3 is 2.36 bits per heavy atom. The second-order valence-corrected chi connectivity index (χ2v) is 15.3. The fraction of sp³-hybridized carbons (Fsp3) is 0.250. The van der Waals surface area contributed by atoms with Crippen LogP contribution in [0.3, 0.4) is 0 Å². The Bertz CT molecular complexity index is 820. The summed E-state index contributed by atoms with van der Waals surface area (Å²) in [5.41, 5.74) is 2.43. The summed E-state index contributed by atoms with van der Waals surface area (Å²) in [6.07, 6.45) is 4.43. The van der Waals surface area contributed by atoms with Crippen molar-refractivity contribution in [3.63, 3.8) is 0 Å².